The number of hydrogen-bond acceptors (Lipinski definition) is 5. The highest BCUT2D eigenvalue weighted by atomic mass is 19.2. The van der Waals surface area contributed by atoms with Crippen molar-refractivity contribution in [1.82, 2.24) is 10.6 Å². The maximum absolute atomic E-state index is 13.5. The highest BCUT2D eigenvalue weighted by Crippen LogP contribution is 2.28. The molecule has 0 aliphatic rings. The predicted molar refractivity (Wildman–Crippen MR) is 99.8 cm³/mol. The van der Waals surface area contributed by atoms with Crippen LogP contribution in [0.3, 0.4) is 0 Å². The number of Topliss-reactive ketones (excluding diaryl/α,β-unsaturated/α-hetero) is 1. The summed E-state index contributed by atoms with van der Waals surface area (Å²) in [6, 6.07) is 6.13. The minimum absolute atomic E-state index is 0.0694. The summed E-state index contributed by atoms with van der Waals surface area (Å²) in [4.78, 5) is 35.8. The van der Waals surface area contributed by atoms with Gasteiger partial charge < -0.3 is 20.1 Å². The van der Waals surface area contributed by atoms with Crippen LogP contribution in [0.4, 0.5) is 8.78 Å². The predicted octanol–water partition coefficient (Wildman–Crippen LogP) is 2.16. The number of methoxy groups -OCH3 is 1. The molecule has 7 nitrogen and oxygen atoms in total. The molecular formula is C20H20F2N2O5. The van der Waals surface area contributed by atoms with Crippen molar-refractivity contribution in [2.75, 3.05) is 20.8 Å². The number of rotatable bonds is 8. The van der Waals surface area contributed by atoms with Crippen LogP contribution in [0, 0.1) is 11.6 Å². The van der Waals surface area contributed by atoms with E-state index in [1.54, 1.807) is 0 Å². The van der Waals surface area contributed by atoms with Crippen molar-refractivity contribution in [3.8, 4) is 11.5 Å². The molecule has 1 atom stereocenters. The van der Waals surface area contributed by atoms with Gasteiger partial charge in [-0.2, -0.15) is 0 Å². The maximum Gasteiger partial charge on any atom is 0.258 e. The van der Waals surface area contributed by atoms with Crippen LogP contribution in [0.5, 0.6) is 11.5 Å². The van der Waals surface area contributed by atoms with E-state index in [0.717, 1.165) is 12.1 Å². The molecule has 2 rings (SSSR count). The third-order valence-corrected chi connectivity index (χ3v) is 4.02. The van der Waals surface area contributed by atoms with Gasteiger partial charge in [0.15, 0.2) is 35.5 Å². The van der Waals surface area contributed by atoms with Crippen molar-refractivity contribution in [3.05, 3.63) is 59.2 Å². The van der Waals surface area contributed by atoms with Crippen LogP contribution >= 0.6 is 0 Å². The third kappa shape index (κ3) is 5.50. The second-order valence-electron chi connectivity index (χ2n) is 6.00. The van der Waals surface area contributed by atoms with Gasteiger partial charge in [0.2, 0.25) is 5.91 Å². The molecule has 0 spiro atoms. The summed E-state index contributed by atoms with van der Waals surface area (Å²) in [5.41, 5.74) is 0.483. The van der Waals surface area contributed by atoms with Gasteiger partial charge >= 0.3 is 0 Å². The fourth-order valence-corrected chi connectivity index (χ4v) is 2.49. The molecule has 0 bridgehead atoms. The summed E-state index contributed by atoms with van der Waals surface area (Å²) in [6.07, 6.45) is 0. The van der Waals surface area contributed by atoms with Crippen LogP contribution < -0.4 is 20.1 Å². The van der Waals surface area contributed by atoms with E-state index in [4.69, 9.17) is 9.47 Å². The molecule has 0 saturated carbocycles. The van der Waals surface area contributed by atoms with Gasteiger partial charge in [0.1, 0.15) is 6.04 Å². The van der Waals surface area contributed by atoms with Gasteiger partial charge in [-0.3, -0.25) is 14.4 Å². The lowest BCUT2D eigenvalue weighted by Crippen LogP contribution is -2.41. The lowest BCUT2D eigenvalue weighted by molar-refractivity contribution is -0.130. The van der Waals surface area contributed by atoms with Crippen LogP contribution in [0.2, 0.25) is 0 Å². The van der Waals surface area contributed by atoms with Gasteiger partial charge in [-0.1, -0.05) is 6.07 Å². The smallest absolute Gasteiger partial charge is 0.258 e. The standard InChI is InChI=1S/C20H20F2N2O5/c1-11(25)12-5-7-16(17(9-12)28-3)29-10-18(26)24-19(20(27)23-2)13-4-6-14(21)15(22)8-13/h4-9,19H,10H2,1-3H3,(H,23,27)(H,24,26). The van der Waals surface area contributed by atoms with E-state index in [0.29, 0.717) is 5.56 Å². The van der Waals surface area contributed by atoms with E-state index in [1.807, 2.05) is 0 Å². The van der Waals surface area contributed by atoms with Crippen molar-refractivity contribution in [2.24, 2.45) is 0 Å². The SMILES string of the molecule is CNC(=O)C(NC(=O)COc1ccc(C(C)=O)cc1OC)c1ccc(F)c(F)c1. The van der Waals surface area contributed by atoms with Gasteiger partial charge in [0.25, 0.3) is 5.91 Å². The summed E-state index contributed by atoms with van der Waals surface area (Å²) in [6.45, 7) is 0.924. The largest absolute Gasteiger partial charge is 0.493 e. The highest BCUT2D eigenvalue weighted by Gasteiger charge is 2.23. The zero-order valence-electron chi connectivity index (χ0n) is 16.0. The van der Waals surface area contributed by atoms with Crippen molar-refractivity contribution >= 4 is 17.6 Å². The summed E-state index contributed by atoms with van der Waals surface area (Å²) < 4.78 is 37.2. The summed E-state index contributed by atoms with van der Waals surface area (Å²) >= 11 is 0. The topological polar surface area (TPSA) is 93.7 Å². The summed E-state index contributed by atoms with van der Waals surface area (Å²) in [7, 11) is 2.73. The molecule has 2 amide bonds. The highest BCUT2D eigenvalue weighted by molar-refractivity contribution is 5.94. The first kappa shape index (κ1) is 21.8. The lowest BCUT2D eigenvalue weighted by Gasteiger charge is -2.18. The van der Waals surface area contributed by atoms with Gasteiger partial charge in [-0.05, 0) is 42.8 Å². The summed E-state index contributed by atoms with van der Waals surface area (Å²) in [5.74, 6) is -3.19. The molecule has 1 unspecified atom stereocenters. The molecule has 29 heavy (non-hydrogen) atoms. The number of carbonyl (C=O) groups is 3. The van der Waals surface area contributed by atoms with Crippen molar-refractivity contribution in [1.29, 1.82) is 0 Å². The molecule has 154 valence electrons. The van der Waals surface area contributed by atoms with Gasteiger partial charge in [0.05, 0.1) is 7.11 Å². The van der Waals surface area contributed by atoms with E-state index in [9.17, 15) is 23.2 Å². The Labute approximate surface area is 166 Å². The van der Waals surface area contributed by atoms with Crippen molar-refractivity contribution < 1.29 is 32.6 Å². The number of ether oxygens (including phenoxy) is 2. The minimum atomic E-state index is -1.24. The Morgan fingerprint density at radius 2 is 1.76 bits per heavy atom. The van der Waals surface area contributed by atoms with Crippen LogP contribution in [0.15, 0.2) is 36.4 Å². The average molecular weight is 406 g/mol. The van der Waals surface area contributed by atoms with Gasteiger partial charge in [0, 0.05) is 12.6 Å². The molecule has 9 heteroatoms. The van der Waals surface area contributed by atoms with Gasteiger partial charge in [-0.25, -0.2) is 8.78 Å². The number of amides is 2. The minimum Gasteiger partial charge on any atom is -0.493 e. The zero-order chi connectivity index (χ0) is 21.6. The molecule has 0 aliphatic heterocycles. The molecule has 2 N–H and O–H groups in total. The van der Waals surface area contributed by atoms with Crippen LogP contribution in [-0.2, 0) is 9.59 Å². The molecule has 2 aromatic carbocycles. The molecular weight excluding hydrogens is 386 g/mol. The molecule has 0 saturated heterocycles. The monoisotopic (exact) mass is 406 g/mol. The quantitative estimate of drug-likeness (QED) is 0.656. The van der Waals surface area contributed by atoms with E-state index < -0.39 is 36.1 Å². The first-order chi connectivity index (χ1) is 13.8. The van der Waals surface area contributed by atoms with Crippen LogP contribution in [-0.4, -0.2) is 38.4 Å². The second-order valence-corrected chi connectivity index (χ2v) is 6.00. The van der Waals surface area contributed by atoms with E-state index in [2.05, 4.69) is 10.6 Å². The molecule has 0 aliphatic carbocycles. The van der Waals surface area contributed by atoms with Crippen molar-refractivity contribution in [3.63, 3.8) is 0 Å². The molecule has 0 fully saturated rings. The van der Waals surface area contributed by atoms with E-state index in [1.165, 1.54) is 45.3 Å². The molecule has 0 radical (unpaired) electrons. The summed E-state index contributed by atoms with van der Waals surface area (Å²) in [5, 5.41) is 4.76. The van der Waals surface area contributed by atoms with Crippen LogP contribution in [0.25, 0.3) is 0 Å². The third-order valence-electron chi connectivity index (χ3n) is 4.02. The van der Waals surface area contributed by atoms with Gasteiger partial charge in [-0.15, -0.1) is 0 Å². The fraction of sp³-hybridized carbons (Fsp3) is 0.250. The van der Waals surface area contributed by atoms with E-state index in [-0.39, 0.29) is 22.8 Å². The normalized spacial score (nSPS) is 11.3. The maximum atomic E-state index is 13.5. The Kier molecular flexibility index (Phi) is 7.24. The number of ketones is 1. The Hall–Kier alpha value is -3.49. The fourth-order valence-electron chi connectivity index (χ4n) is 2.49. The number of benzene rings is 2. The number of carbonyl (C=O) groups excluding carboxylic acids is 3. The first-order valence-electron chi connectivity index (χ1n) is 8.54. The molecule has 2 aromatic rings. The van der Waals surface area contributed by atoms with Crippen molar-refractivity contribution in [2.45, 2.75) is 13.0 Å². The first-order valence-corrected chi connectivity index (χ1v) is 8.54. The number of nitrogens with one attached hydrogen (secondary N) is 2. The Morgan fingerprint density at radius 1 is 1.03 bits per heavy atom. The molecule has 0 aromatic heterocycles. The number of hydrogen-bond donors (Lipinski definition) is 2. The Morgan fingerprint density at radius 3 is 2.34 bits per heavy atom. The van der Waals surface area contributed by atoms with Crippen LogP contribution in [0.1, 0.15) is 28.9 Å². The lowest BCUT2D eigenvalue weighted by atomic mass is 10.1. The average Bonchev–Trinajstić information content (AvgIpc) is 2.71. The van der Waals surface area contributed by atoms with E-state index >= 15 is 0 Å². The second kappa shape index (κ2) is 9.63. The molecule has 0 heterocycles. The zero-order valence-corrected chi connectivity index (χ0v) is 16.0. The Bertz CT molecular complexity index is 933. The number of halogens is 2. The Balaban J connectivity index is 2.11. The number of likely N-dealkylation sites (N-methyl/N-ethyl adjacent to an activating group) is 1.